The second-order valence-electron chi connectivity index (χ2n) is 26.3. The zero-order valence-electron chi connectivity index (χ0n) is 55.3. The first-order valence-corrected chi connectivity index (χ1v) is 38.3. The number of nitrogens with one attached hydrogen (secondary N) is 1. The van der Waals surface area contributed by atoms with Crippen molar-refractivity contribution >= 4 is 16.3 Å². The van der Waals surface area contributed by atoms with Crippen molar-refractivity contribution in [3.8, 4) is 0 Å². The molecule has 502 valence electrons. The minimum Gasteiger partial charge on any atom is -0.394 e. The summed E-state index contributed by atoms with van der Waals surface area (Å²) in [4.78, 5) is 13.2. The molecular formula is C71H141NO11S. The standard InChI is InChI=1S/C71H141NO11S/c1-3-5-7-9-11-13-15-17-19-21-23-25-26-27-28-29-30-31-32-33-34-35-36-37-38-39-40-41-43-45-47-49-51-53-55-57-59-61-67(75)72-64(63-81-71-69(77)70(83-84(78,79)80)68(76)66(62-73)82-71)65(74)60-58-56-54-52-50-48-46-44-42-24-22-20-18-16-14-12-10-8-6-4-2/h64-66,68-71,73-74,76-77H,3-63H2,1-2H3,(H,72,75)(H,78,79,80). The largest absolute Gasteiger partial charge is 0.397 e. The maximum atomic E-state index is 13.2. The molecule has 1 heterocycles. The van der Waals surface area contributed by atoms with E-state index in [2.05, 4.69) is 23.3 Å². The van der Waals surface area contributed by atoms with Crippen LogP contribution in [0.5, 0.6) is 0 Å². The molecule has 0 aromatic rings. The molecule has 1 saturated heterocycles. The van der Waals surface area contributed by atoms with Gasteiger partial charge in [-0.3, -0.25) is 9.35 Å². The molecule has 0 aromatic carbocycles. The molecule has 0 bridgehead atoms. The third kappa shape index (κ3) is 51.9. The quantitative estimate of drug-likeness (QED) is 0.0251. The Hall–Kier alpha value is -0.900. The van der Waals surface area contributed by atoms with Crippen molar-refractivity contribution < 1.29 is 51.8 Å². The van der Waals surface area contributed by atoms with Gasteiger partial charge in [-0.25, -0.2) is 4.18 Å². The van der Waals surface area contributed by atoms with E-state index in [0.717, 1.165) is 51.4 Å². The Bertz CT molecular complexity index is 1470. The van der Waals surface area contributed by atoms with Gasteiger partial charge in [0.15, 0.2) is 6.29 Å². The first-order chi connectivity index (χ1) is 41.0. The molecule has 12 nitrogen and oxygen atoms in total. The molecule has 6 N–H and O–H groups in total. The van der Waals surface area contributed by atoms with Crippen molar-refractivity contribution in [1.29, 1.82) is 0 Å². The van der Waals surface area contributed by atoms with Gasteiger partial charge in [0.1, 0.15) is 24.4 Å². The number of unbranched alkanes of at least 4 members (excludes halogenated alkanes) is 55. The molecule has 0 saturated carbocycles. The van der Waals surface area contributed by atoms with Crippen LogP contribution in [0, 0.1) is 0 Å². The van der Waals surface area contributed by atoms with Crippen LogP contribution in [-0.2, 0) is 28.9 Å². The number of carbonyl (C=O) groups excluding carboxylic acids is 1. The summed E-state index contributed by atoms with van der Waals surface area (Å²) in [5.74, 6) is -0.219. The summed E-state index contributed by atoms with van der Waals surface area (Å²) in [7, 11) is -5.08. The van der Waals surface area contributed by atoms with Gasteiger partial charge in [-0.15, -0.1) is 0 Å². The van der Waals surface area contributed by atoms with E-state index in [1.807, 2.05) is 0 Å². The normalized spacial score (nSPS) is 18.2. The third-order valence-electron chi connectivity index (χ3n) is 18.2. The molecule has 1 rings (SSSR count). The van der Waals surface area contributed by atoms with Gasteiger partial charge in [0.25, 0.3) is 0 Å². The summed E-state index contributed by atoms with van der Waals surface area (Å²) in [6.07, 6.45) is 67.4. The maximum Gasteiger partial charge on any atom is 0.397 e. The minimum absolute atomic E-state index is 0.219. The topological polar surface area (TPSA) is 192 Å². The van der Waals surface area contributed by atoms with Crippen LogP contribution in [0.1, 0.15) is 393 Å². The molecule has 1 fully saturated rings. The first kappa shape index (κ1) is 81.1. The lowest BCUT2D eigenvalue weighted by Crippen LogP contribution is -2.61. The van der Waals surface area contributed by atoms with Crippen molar-refractivity contribution in [2.45, 2.75) is 436 Å². The number of aliphatic hydroxyl groups excluding tert-OH is 4. The van der Waals surface area contributed by atoms with Crippen LogP contribution in [-0.4, -0.2) is 95.4 Å². The second-order valence-corrected chi connectivity index (χ2v) is 27.3. The van der Waals surface area contributed by atoms with E-state index < -0.39 is 59.9 Å². The number of carbonyl (C=O) groups is 1. The van der Waals surface area contributed by atoms with E-state index in [4.69, 9.17) is 9.47 Å². The van der Waals surface area contributed by atoms with Crippen LogP contribution in [0.15, 0.2) is 0 Å². The van der Waals surface area contributed by atoms with E-state index in [9.17, 15) is 38.2 Å². The molecule has 13 heteroatoms. The lowest BCUT2D eigenvalue weighted by atomic mass is 9.99. The average molecular weight is 1220 g/mol. The lowest BCUT2D eigenvalue weighted by Gasteiger charge is -2.41. The highest BCUT2D eigenvalue weighted by molar-refractivity contribution is 7.80. The van der Waals surface area contributed by atoms with Gasteiger partial charge in [-0.2, -0.15) is 8.42 Å². The van der Waals surface area contributed by atoms with Crippen LogP contribution in [0.3, 0.4) is 0 Å². The highest BCUT2D eigenvalue weighted by atomic mass is 32.3. The van der Waals surface area contributed by atoms with Crippen molar-refractivity contribution in [3.05, 3.63) is 0 Å². The van der Waals surface area contributed by atoms with Gasteiger partial charge < -0.3 is 35.2 Å². The van der Waals surface area contributed by atoms with Crippen molar-refractivity contribution in [2.24, 2.45) is 0 Å². The van der Waals surface area contributed by atoms with Crippen molar-refractivity contribution in [1.82, 2.24) is 5.32 Å². The number of hydrogen-bond acceptors (Lipinski definition) is 10. The molecule has 7 unspecified atom stereocenters. The fourth-order valence-corrected chi connectivity index (χ4v) is 13.0. The van der Waals surface area contributed by atoms with Crippen molar-refractivity contribution in [3.63, 3.8) is 0 Å². The smallest absolute Gasteiger partial charge is 0.394 e. The van der Waals surface area contributed by atoms with E-state index in [0.29, 0.717) is 12.8 Å². The summed E-state index contributed by atoms with van der Waals surface area (Å²) in [5.41, 5.74) is 0. The number of ether oxygens (including phenoxy) is 2. The van der Waals surface area contributed by atoms with Gasteiger partial charge in [0, 0.05) is 6.42 Å². The van der Waals surface area contributed by atoms with E-state index >= 15 is 0 Å². The Morgan fingerprint density at radius 1 is 0.429 bits per heavy atom. The SMILES string of the molecule is CCCCCCCCCCCCCCCCCCCCCCCCCCCCCCCCCCCCCCCC(=O)NC(COC1OC(CO)C(O)C(OS(=O)(=O)O)C1O)C(O)CCCCCCCCCCCCCCCCCCCCCC. The molecule has 1 aliphatic rings. The Balaban J connectivity index is 2.14. The zero-order chi connectivity index (χ0) is 61.1. The molecule has 0 radical (unpaired) electrons. The maximum absolute atomic E-state index is 13.2. The summed E-state index contributed by atoms with van der Waals surface area (Å²) in [5, 5.41) is 45.3. The Labute approximate surface area is 519 Å². The van der Waals surface area contributed by atoms with Crippen LogP contribution in [0.4, 0.5) is 0 Å². The lowest BCUT2D eigenvalue weighted by molar-refractivity contribution is -0.298. The first-order valence-electron chi connectivity index (χ1n) is 36.9. The van der Waals surface area contributed by atoms with Crippen LogP contribution in [0.2, 0.25) is 0 Å². The molecule has 7 atom stereocenters. The highest BCUT2D eigenvalue weighted by Crippen LogP contribution is 2.27. The van der Waals surface area contributed by atoms with Gasteiger partial charge in [-0.05, 0) is 12.8 Å². The molecule has 0 aliphatic carbocycles. The predicted molar refractivity (Wildman–Crippen MR) is 352 cm³/mol. The number of rotatable bonds is 67. The Morgan fingerprint density at radius 3 is 0.952 bits per heavy atom. The summed E-state index contributed by atoms with van der Waals surface area (Å²) in [6, 6.07) is -0.855. The summed E-state index contributed by atoms with van der Waals surface area (Å²) >= 11 is 0. The monoisotopic (exact) mass is 1220 g/mol. The molecular weight excluding hydrogens is 1070 g/mol. The van der Waals surface area contributed by atoms with Gasteiger partial charge in [0.05, 0.1) is 25.4 Å². The average Bonchev–Trinajstić information content (AvgIpc) is 3.68. The molecule has 0 spiro atoms. The number of hydrogen-bond donors (Lipinski definition) is 6. The minimum atomic E-state index is -5.08. The van der Waals surface area contributed by atoms with E-state index in [1.54, 1.807) is 0 Å². The van der Waals surface area contributed by atoms with Gasteiger partial charge in [0.2, 0.25) is 5.91 Å². The summed E-state index contributed by atoms with van der Waals surface area (Å²) in [6.45, 7) is 3.53. The fourth-order valence-electron chi connectivity index (χ4n) is 12.5. The molecule has 1 aliphatic heterocycles. The molecule has 1 amide bonds. The predicted octanol–water partition coefficient (Wildman–Crippen LogP) is 19.5. The fraction of sp³-hybridized carbons (Fsp3) is 0.986. The Kier molecular flexibility index (Phi) is 58.9. The van der Waals surface area contributed by atoms with Crippen LogP contribution >= 0.6 is 0 Å². The molecule has 84 heavy (non-hydrogen) atoms. The number of aliphatic hydroxyl groups is 4. The van der Waals surface area contributed by atoms with E-state index in [-0.39, 0.29) is 12.5 Å². The van der Waals surface area contributed by atoms with E-state index in [1.165, 1.54) is 315 Å². The molecule has 0 aromatic heterocycles. The van der Waals surface area contributed by atoms with Crippen molar-refractivity contribution in [2.75, 3.05) is 13.2 Å². The Morgan fingerprint density at radius 2 is 0.690 bits per heavy atom. The third-order valence-corrected chi connectivity index (χ3v) is 18.6. The summed E-state index contributed by atoms with van der Waals surface area (Å²) < 4.78 is 48.1. The number of amides is 1. The van der Waals surface area contributed by atoms with Gasteiger partial charge >= 0.3 is 10.4 Å². The highest BCUT2D eigenvalue weighted by Gasteiger charge is 2.48. The second kappa shape index (κ2) is 61.0. The van der Waals surface area contributed by atoms with Crippen LogP contribution < -0.4 is 5.32 Å². The van der Waals surface area contributed by atoms with Crippen LogP contribution in [0.25, 0.3) is 0 Å². The zero-order valence-corrected chi connectivity index (χ0v) is 56.1. The van der Waals surface area contributed by atoms with Gasteiger partial charge in [-0.1, -0.05) is 373 Å².